The van der Waals surface area contributed by atoms with Gasteiger partial charge in [0, 0.05) is 12.8 Å². The average Bonchev–Trinajstić information content (AvgIpc) is 2.64. The molecule has 1 atom stereocenters. The second-order valence-corrected chi connectivity index (χ2v) is 7.06. The van der Waals surface area contributed by atoms with Gasteiger partial charge in [0.1, 0.15) is 6.04 Å². The van der Waals surface area contributed by atoms with Gasteiger partial charge in [0.2, 0.25) is 5.91 Å². The van der Waals surface area contributed by atoms with Gasteiger partial charge in [-0.3, -0.25) is 4.79 Å². The Kier molecular flexibility index (Phi) is 7.64. The van der Waals surface area contributed by atoms with Crippen LogP contribution in [0.4, 0.5) is 0 Å². The highest BCUT2D eigenvalue weighted by Gasteiger charge is 2.23. The van der Waals surface area contributed by atoms with E-state index in [4.69, 9.17) is 4.74 Å². The zero-order valence-electron chi connectivity index (χ0n) is 16.0. The summed E-state index contributed by atoms with van der Waals surface area (Å²) >= 11 is 0. The molecule has 0 aromatic heterocycles. The highest BCUT2D eigenvalue weighted by atomic mass is 16.5. The van der Waals surface area contributed by atoms with Crippen molar-refractivity contribution in [1.29, 1.82) is 0 Å². The number of hydrogen-bond donors (Lipinski definition) is 1. The van der Waals surface area contributed by atoms with E-state index in [1.807, 2.05) is 49.4 Å². The number of amides is 1. The average molecular weight is 355 g/mol. The number of benzene rings is 2. The number of rotatable bonds is 9. The molecule has 0 aliphatic rings. The normalized spacial score (nSPS) is 12.2. The molecule has 140 valence electrons. The van der Waals surface area contributed by atoms with Crippen molar-refractivity contribution in [3.63, 3.8) is 0 Å². The number of fused-ring (bicyclic) bond motifs is 1. The molecule has 0 aliphatic carbocycles. The lowest BCUT2D eigenvalue weighted by atomic mass is 9.98. The molecule has 0 aliphatic heterocycles. The molecule has 4 heteroatoms. The second kappa shape index (κ2) is 9.95. The van der Waals surface area contributed by atoms with Gasteiger partial charge in [0.15, 0.2) is 0 Å². The van der Waals surface area contributed by atoms with Crippen LogP contribution in [0.3, 0.4) is 0 Å². The first-order chi connectivity index (χ1) is 12.5. The monoisotopic (exact) mass is 355 g/mol. The summed E-state index contributed by atoms with van der Waals surface area (Å²) in [6.45, 7) is 6.48. The van der Waals surface area contributed by atoms with Crippen LogP contribution < -0.4 is 5.32 Å². The first-order valence-electron chi connectivity index (χ1n) is 9.44. The van der Waals surface area contributed by atoms with Gasteiger partial charge in [-0.2, -0.15) is 0 Å². The molecule has 0 bridgehead atoms. The number of nitrogens with one attached hydrogen (secondary N) is 1. The van der Waals surface area contributed by atoms with Crippen molar-refractivity contribution in [3.8, 4) is 0 Å². The van der Waals surface area contributed by atoms with E-state index in [9.17, 15) is 9.59 Å². The van der Waals surface area contributed by atoms with E-state index in [1.165, 1.54) is 0 Å². The summed E-state index contributed by atoms with van der Waals surface area (Å²) < 4.78 is 5.31. The van der Waals surface area contributed by atoms with Crippen LogP contribution in [-0.2, 0) is 20.7 Å². The van der Waals surface area contributed by atoms with Crippen LogP contribution in [0, 0.1) is 5.92 Å². The third-order valence-electron chi connectivity index (χ3n) is 4.32. The Morgan fingerprint density at radius 1 is 1.08 bits per heavy atom. The van der Waals surface area contributed by atoms with Crippen molar-refractivity contribution >= 4 is 22.6 Å². The Hall–Kier alpha value is -2.36. The van der Waals surface area contributed by atoms with Gasteiger partial charge in [-0.05, 0) is 35.1 Å². The van der Waals surface area contributed by atoms with E-state index in [-0.39, 0.29) is 11.9 Å². The molecule has 1 unspecified atom stereocenters. The molecule has 0 spiro atoms. The Bertz CT molecular complexity index is 734. The van der Waals surface area contributed by atoms with E-state index >= 15 is 0 Å². The molecule has 0 radical (unpaired) electrons. The molecule has 1 N–H and O–H groups in total. The third kappa shape index (κ3) is 5.87. The summed E-state index contributed by atoms with van der Waals surface area (Å²) in [5.74, 6) is -0.0145. The van der Waals surface area contributed by atoms with Gasteiger partial charge < -0.3 is 10.1 Å². The SMILES string of the molecule is CCCOC(=O)C(Cc1cccc2ccccc12)NC(=O)CCC(C)C. The van der Waals surface area contributed by atoms with Crippen molar-refractivity contribution in [2.24, 2.45) is 5.92 Å². The largest absolute Gasteiger partial charge is 0.464 e. The Labute approximate surface area is 155 Å². The molecule has 2 aromatic carbocycles. The number of esters is 1. The van der Waals surface area contributed by atoms with Crippen molar-refractivity contribution in [2.75, 3.05) is 6.61 Å². The fourth-order valence-corrected chi connectivity index (χ4v) is 2.87. The highest BCUT2D eigenvalue weighted by Crippen LogP contribution is 2.20. The first-order valence-corrected chi connectivity index (χ1v) is 9.44. The molecule has 2 aromatic rings. The van der Waals surface area contributed by atoms with Gasteiger partial charge in [0.25, 0.3) is 0 Å². The summed E-state index contributed by atoms with van der Waals surface area (Å²) in [5.41, 5.74) is 1.03. The van der Waals surface area contributed by atoms with Gasteiger partial charge in [-0.25, -0.2) is 4.79 Å². The molecule has 0 saturated heterocycles. The van der Waals surface area contributed by atoms with E-state index < -0.39 is 6.04 Å². The molecule has 0 heterocycles. The van der Waals surface area contributed by atoms with Gasteiger partial charge in [-0.1, -0.05) is 63.2 Å². The van der Waals surface area contributed by atoms with Crippen LogP contribution in [0.2, 0.25) is 0 Å². The smallest absolute Gasteiger partial charge is 0.328 e. The van der Waals surface area contributed by atoms with Gasteiger partial charge in [-0.15, -0.1) is 0 Å². The molecule has 0 saturated carbocycles. The van der Waals surface area contributed by atoms with E-state index in [2.05, 4.69) is 19.2 Å². The van der Waals surface area contributed by atoms with Crippen LogP contribution >= 0.6 is 0 Å². The van der Waals surface area contributed by atoms with Crippen molar-refractivity contribution < 1.29 is 14.3 Å². The number of carbonyl (C=O) groups is 2. The zero-order chi connectivity index (χ0) is 18.9. The van der Waals surface area contributed by atoms with E-state index in [0.717, 1.165) is 29.2 Å². The minimum atomic E-state index is -0.660. The Morgan fingerprint density at radius 3 is 2.54 bits per heavy atom. The predicted octanol–water partition coefficient (Wildman–Crippen LogP) is 4.26. The van der Waals surface area contributed by atoms with E-state index in [0.29, 0.717) is 25.4 Å². The first kappa shape index (κ1) is 20.0. The predicted molar refractivity (Wildman–Crippen MR) is 105 cm³/mol. The number of carbonyl (C=O) groups excluding carboxylic acids is 2. The molecule has 0 fully saturated rings. The summed E-state index contributed by atoms with van der Waals surface area (Å²) in [4.78, 5) is 24.8. The third-order valence-corrected chi connectivity index (χ3v) is 4.32. The molecule has 4 nitrogen and oxygen atoms in total. The minimum Gasteiger partial charge on any atom is -0.464 e. The lowest BCUT2D eigenvalue weighted by Crippen LogP contribution is -2.43. The zero-order valence-corrected chi connectivity index (χ0v) is 16.0. The fourth-order valence-electron chi connectivity index (χ4n) is 2.87. The Balaban J connectivity index is 2.17. The van der Waals surface area contributed by atoms with Crippen LogP contribution in [0.1, 0.15) is 45.6 Å². The maximum Gasteiger partial charge on any atom is 0.328 e. The van der Waals surface area contributed by atoms with Crippen LogP contribution in [0.25, 0.3) is 10.8 Å². The summed E-state index contributed by atoms with van der Waals surface area (Å²) in [6, 6.07) is 13.4. The van der Waals surface area contributed by atoms with Crippen molar-refractivity contribution in [3.05, 3.63) is 48.0 Å². The van der Waals surface area contributed by atoms with Gasteiger partial charge in [0.05, 0.1) is 6.61 Å². The maximum absolute atomic E-state index is 12.5. The summed E-state index contributed by atoms with van der Waals surface area (Å²) in [5, 5.41) is 5.10. The van der Waals surface area contributed by atoms with Crippen LogP contribution in [0.15, 0.2) is 42.5 Å². The molecule has 26 heavy (non-hydrogen) atoms. The Morgan fingerprint density at radius 2 is 1.81 bits per heavy atom. The molecule has 2 rings (SSSR count). The summed E-state index contributed by atoms with van der Waals surface area (Å²) in [7, 11) is 0. The fraction of sp³-hybridized carbons (Fsp3) is 0.455. The topological polar surface area (TPSA) is 55.4 Å². The maximum atomic E-state index is 12.5. The standard InChI is InChI=1S/C22H29NO3/c1-4-14-26-22(25)20(23-21(24)13-12-16(2)3)15-18-10-7-9-17-8-5-6-11-19(17)18/h5-11,16,20H,4,12-15H2,1-3H3,(H,23,24). The molecular formula is C22H29NO3. The van der Waals surface area contributed by atoms with Gasteiger partial charge >= 0.3 is 5.97 Å². The summed E-state index contributed by atoms with van der Waals surface area (Å²) in [6.07, 6.45) is 2.41. The van der Waals surface area contributed by atoms with E-state index in [1.54, 1.807) is 0 Å². The number of ether oxygens (including phenoxy) is 1. The lowest BCUT2D eigenvalue weighted by molar-refractivity contribution is -0.147. The quantitative estimate of drug-likeness (QED) is 0.684. The van der Waals surface area contributed by atoms with Crippen molar-refractivity contribution in [1.82, 2.24) is 5.32 Å². The second-order valence-electron chi connectivity index (χ2n) is 7.06. The molecular weight excluding hydrogens is 326 g/mol. The van der Waals surface area contributed by atoms with Crippen LogP contribution in [0.5, 0.6) is 0 Å². The van der Waals surface area contributed by atoms with Crippen molar-refractivity contribution in [2.45, 2.75) is 52.5 Å². The minimum absolute atomic E-state index is 0.0996. The lowest BCUT2D eigenvalue weighted by Gasteiger charge is -2.19. The van der Waals surface area contributed by atoms with Crippen LogP contribution in [-0.4, -0.2) is 24.5 Å². The number of hydrogen-bond acceptors (Lipinski definition) is 3. The molecule has 1 amide bonds. The highest BCUT2D eigenvalue weighted by molar-refractivity contribution is 5.88.